The Morgan fingerprint density at radius 2 is 2.12 bits per heavy atom. The molecule has 1 heterocycles. The smallest absolute Gasteiger partial charge is 0.185 e. The van der Waals surface area contributed by atoms with Gasteiger partial charge in [-0.1, -0.05) is 34.5 Å². The maximum absolute atomic E-state index is 8.77. The number of aromatic nitrogens is 3. The van der Waals surface area contributed by atoms with Gasteiger partial charge < -0.3 is 0 Å². The number of hydrogen-bond acceptors (Lipinski definition) is 3. The molecule has 0 atom stereocenters. The van der Waals surface area contributed by atoms with E-state index in [1.54, 1.807) is 23.7 Å². The topological polar surface area (TPSA) is 54.5 Å². The van der Waals surface area contributed by atoms with Crippen LogP contribution < -0.4 is 0 Å². The van der Waals surface area contributed by atoms with Crippen molar-refractivity contribution in [2.45, 2.75) is 13.5 Å². The Hall–Kier alpha value is -1.57. The second-order valence-corrected chi connectivity index (χ2v) is 4.36. The standard InChI is InChI=1S/C11H8Cl2N4/c1-7-11(5-14)15-16-17(7)6-8-2-3-9(12)10(13)4-8/h2-4H,6H2,1H3. The van der Waals surface area contributed by atoms with Crippen LogP contribution in [0.3, 0.4) is 0 Å². The molecule has 0 amide bonds. The molecule has 1 aromatic carbocycles. The molecule has 17 heavy (non-hydrogen) atoms. The van der Waals surface area contributed by atoms with E-state index in [1.165, 1.54) is 0 Å². The molecular formula is C11H8Cl2N4. The number of rotatable bonds is 2. The van der Waals surface area contributed by atoms with Gasteiger partial charge in [-0.15, -0.1) is 5.10 Å². The number of nitrogens with zero attached hydrogens (tertiary/aromatic N) is 4. The molecule has 2 aromatic rings. The van der Waals surface area contributed by atoms with Crippen LogP contribution >= 0.6 is 23.2 Å². The lowest BCUT2D eigenvalue weighted by atomic mass is 10.2. The van der Waals surface area contributed by atoms with E-state index in [4.69, 9.17) is 28.5 Å². The van der Waals surface area contributed by atoms with Crippen LogP contribution in [-0.4, -0.2) is 15.0 Å². The van der Waals surface area contributed by atoms with Crippen LogP contribution in [0, 0.1) is 18.3 Å². The van der Waals surface area contributed by atoms with Gasteiger partial charge in [0.2, 0.25) is 0 Å². The zero-order valence-corrected chi connectivity index (χ0v) is 10.5. The third-order valence-corrected chi connectivity index (χ3v) is 3.14. The molecule has 0 aliphatic heterocycles. The normalized spacial score (nSPS) is 10.2. The van der Waals surface area contributed by atoms with Gasteiger partial charge in [-0.25, -0.2) is 4.68 Å². The van der Waals surface area contributed by atoms with Gasteiger partial charge in [0, 0.05) is 0 Å². The molecule has 0 spiro atoms. The van der Waals surface area contributed by atoms with Crippen molar-refractivity contribution in [3.05, 3.63) is 45.2 Å². The van der Waals surface area contributed by atoms with Gasteiger partial charge in [-0.05, 0) is 24.6 Å². The molecule has 0 saturated carbocycles. The summed E-state index contributed by atoms with van der Waals surface area (Å²) >= 11 is 11.8. The maximum Gasteiger partial charge on any atom is 0.185 e. The van der Waals surface area contributed by atoms with Crippen LogP contribution in [0.5, 0.6) is 0 Å². The van der Waals surface area contributed by atoms with E-state index in [0.29, 0.717) is 22.3 Å². The summed E-state index contributed by atoms with van der Waals surface area (Å²) in [5.41, 5.74) is 2.03. The van der Waals surface area contributed by atoms with E-state index in [9.17, 15) is 0 Å². The molecule has 0 bridgehead atoms. The van der Waals surface area contributed by atoms with E-state index in [2.05, 4.69) is 10.3 Å². The molecule has 2 rings (SSSR count). The summed E-state index contributed by atoms with van der Waals surface area (Å²) in [5, 5.41) is 17.5. The highest BCUT2D eigenvalue weighted by molar-refractivity contribution is 6.42. The van der Waals surface area contributed by atoms with Crippen molar-refractivity contribution in [1.82, 2.24) is 15.0 Å². The molecule has 0 saturated heterocycles. The van der Waals surface area contributed by atoms with Gasteiger partial charge in [0.15, 0.2) is 5.69 Å². The van der Waals surface area contributed by atoms with Gasteiger partial charge >= 0.3 is 0 Å². The Kier molecular flexibility index (Phi) is 3.32. The lowest BCUT2D eigenvalue weighted by Crippen LogP contribution is -2.04. The molecule has 1 aromatic heterocycles. The van der Waals surface area contributed by atoms with E-state index < -0.39 is 0 Å². The first-order valence-electron chi connectivity index (χ1n) is 4.86. The molecule has 0 aliphatic carbocycles. The summed E-state index contributed by atoms with van der Waals surface area (Å²) in [6, 6.07) is 7.35. The number of nitriles is 1. The van der Waals surface area contributed by atoms with Crippen LogP contribution in [-0.2, 0) is 6.54 Å². The van der Waals surface area contributed by atoms with E-state index >= 15 is 0 Å². The fraction of sp³-hybridized carbons (Fsp3) is 0.182. The molecule has 0 unspecified atom stereocenters. The molecule has 0 fully saturated rings. The summed E-state index contributed by atoms with van der Waals surface area (Å²) in [6.07, 6.45) is 0. The summed E-state index contributed by atoms with van der Waals surface area (Å²) in [4.78, 5) is 0. The predicted molar refractivity (Wildman–Crippen MR) is 65.0 cm³/mol. The van der Waals surface area contributed by atoms with E-state index in [-0.39, 0.29) is 0 Å². The lowest BCUT2D eigenvalue weighted by Gasteiger charge is -2.04. The fourth-order valence-corrected chi connectivity index (χ4v) is 1.75. The minimum atomic E-state index is 0.338. The lowest BCUT2D eigenvalue weighted by molar-refractivity contribution is 0.633. The Morgan fingerprint density at radius 3 is 2.71 bits per heavy atom. The van der Waals surface area contributed by atoms with Gasteiger partial charge in [0.25, 0.3) is 0 Å². The number of hydrogen-bond donors (Lipinski definition) is 0. The minimum absolute atomic E-state index is 0.338. The Labute approximate surface area is 108 Å². The molecular weight excluding hydrogens is 259 g/mol. The van der Waals surface area contributed by atoms with Crippen LogP contribution in [0.2, 0.25) is 10.0 Å². The number of benzene rings is 1. The Bertz CT molecular complexity index is 598. The van der Waals surface area contributed by atoms with Crippen molar-refractivity contribution >= 4 is 23.2 Å². The van der Waals surface area contributed by atoms with Crippen molar-refractivity contribution in [2.75, 3.05) is 0 Å². The zero-order valence-electron chi connectivity index (χ0n) is 8.98. The highest BCUT2D eigenvalue weighted by atomic mass is 35.5. The second-order valence-electron chi connectivity index (χ2n) is 3.54. The monoisotopic (exact) mass is 266 g/mol. The molecule has 0 radical (unpaired) electrons. The molecule has 86 valence electrons. The summed E-state index contributed by atoms with van der Waals surface area (Å²) in [5.74, 6) is 0. The van der Waals surface area contributed by atoms with Gasteiger partial charge in [0.05, 0.1) is 22.3 Å². The SMILES string of the molecule is Cc1c(C#N)nnn1Cc1ccc(Cl)c(Cl)c1. The third-order valence-electron chi connectivity index (χ3n) is 2.40. The Balaban J connectivity index is 2.29. The quantitative estimate of drug-likeness (QED) is 0.840. The fourth-order valence-electron chi connectivity index (χ4n) is 1.42. The highest BCUT2D eigenvalue weighted by Crippen LogP contribution is 2.23. The van der Waals surface area contributed by atoms with Crippen LogP contribution in [0.1, 0.15) is 17.0 Å². The van der Waals surface area contributed by atoms with E-state index in [0.717, 1.165) is 11.3 Å². The minimum Gasteiger partial charge on any atom is -0.244 e. The zero-order chi connectivity index (χ0) is 12.4. The first-order valence-corrected chi connectivity index (χ1v) is 5.61. The van der Waals surface area contributed by atoms with E-state index in [1.807, 2.05) is 12.1 Å². The van der Waals surface area contributed by atoms with Gasteiger partial charge in [-0.2, -0.15) is 5.26 Å². The molecule has 4 nitrogen and oxygen atoms in total. The Morgan fingerprint density at radius 1 is 1.35 bits per heavy atom. The average Bonchev–Trinajstić information content (AvgIpc) is 2.65. The molecule has 0 N–H and O–H groups in total. The van der Waals surface area contributed by atoms with Crippen molar-refractivity contribution in [3.8, 4) is 6.07 Å². The maximum atomic E-state index is 8.77. The molecule has 0 aliphatic rings. The summed E-state index contributed by atoms with van der Waals surface area (Å²) in [6.45, 7) is 2.31. The first kappa shape index (κ1) is 11.9. The largest absolute Gasteiger partial charge is 0.244 e. The van der Waals surface area contributed by atoms with Crippen molar-refractivity contribution in [3.63, 3.8) is 0 Å². The van der Waals surface area contributed by atoms with Gasteiger partial charge in [0.1, 0.15) is 6.07 Å². The molecule has 6 heteroatoms. The average molecular weight is 267 g/mol. The summed E-state index contributed by atoms with van der Waals surface area (Å²) in [7, 11) is 0. The number of halogens is 2. The van der Waals surface area contributed by atoms with Crippen LogP contribution in [0.15, 0.2) is 18.2 Å². The second kappa shape index (κ2) is 4.74. The van der Waals surface area contributed by atoms with Crippen molar-refractivity contribution < 1.29 is 0 Å². The van der Waals surface area contributed by atoms with Gasteiger partial charge in [-0.3, -0.25) is 0 Å². The first-order chi connectivity index (χ1) is 8.11. The summed E-state index contributed by atoms with van der Waals surface area (Å²) < 4.78 is 1.65. The van der Waals surface area contributed by atoms with Crippen molar-refractivity contribution in [2.24, 2.45) is 0 Å². The van der Waals surface area contributed by atoms with Crippen LogP contribution in [0.4, 0.5) is 0 Å². The third kappa shape index (κ3) is 2.41. The highest BCUT2D eigenvalue weighted by Gasteiger charge is 2.08. The predicted octanol–water partition coefficient (Wildman–Crippen LogP) is 2.81. The van der Waals surface area contributed by atoms with Crippen LogP contribution in [0.25, 0.3) is 0 Å². The van der Waals surface area contributed by atoms with Crippen molar-refractivity contribution in [1.29, 1.82) is 5.26 Å².